The Labute approximate surface area is 273 Å². The van der Waals surface area contributed by atoms with E-state index in [1.54, 1.807) is 7.11 Å². The SMILES string of the molecule is COc1ccc(CCCCCCCCOc2ccc(C(c3c(Cl)cccc3Cl)(S(=O)(=O)O)S(=O)(=O)O)nc2CCC(=O)O)cc1. The predicted octanol–water partition coefficient (Wildman–Crippen LogP) is 6.35. The Bertz CT molecular complexity index is 1630. The number of carbonyl (C=O) groups is 1. The molecule has 45 heavy (non-hydrogen) atoms. The van der Waals surface area contributed by atoms with E-state index in [4.69, 9.17) is 32.7 Å². The summed E-state index contributed by atoms with van der Waals surface area (Å²) in [5.74, 6) is -0.289. The van der Waals surface area contributed by atoms with Crippen LogP contribution in [0.2, 0.25) is 10.0 Å². The third kappa shape index (κ3) is 9.08. The number of unbranched alkanes of at least 4 members (excludes halogenated alkanes) is 5. The number of halogens is 2. The number of ether oxygens (including phenoxy) is 2. The van der Waals surface area contributed by atoms with Gasteiger partial charge < -0.3 is 14.6 Å². The maximum atomic E-state index is 12.8. The number of methoxy groups -OCH3 is 1. The van der Waals surface area contributed by atoms with Gasteiger partial charge in [-0.2, -0.15) is 16.8 Å². The lowest BCUT2D eigenvalue weighted by molar-refractivity contribution is -0.137. The second kappa shape index (κ2) is 16.1. The highest BCUT2D eigenvalue weighted by Crippen LogP contribution is 2.47. The molecule has 0 aliphatic rings. The monoisotopic (exact) mass is 703 g/mol. The second-order valence-corrected chi connectivity index (χ2v) is 14.5. The second-order valence-electron chi connectivity index (χ2n) is 10.3. The summed E-state index contributed by atoms with van der Waals surface area (Å²) in [6.45, 7) is 0.227. The lowest BCUT2D eigenvalue weighted by atomic mass is 10.0. The molecule has 0 radical (unpaired) electrons. The molecule has 0 saturated carbocycles. The van der Waals surface area contributed by atoms with Gasteiger partial charge in [-0.15, -0.1) is 0 Å². The molecule has 1 aromatic heterocycles. The quantitative estimate of drug-likeness (QED) is 0.0993. The van der Waals surface area contributed by atoms with Crippen LogP contribution in [-0.4, -0.2) is 55.7 Å². The van der Waals surface area contributed by atoms with Crippen molar-refractivity contribution in [3.63, 3.8) is 0 Å². The summed E-state index contributed by atoms with van der Waals surface area (Å²) in [7, 11) is -9.93. The van der Waals surface area contributed by atoms with Crippen molar-refractivity contribution in [3.05, 3.63) is 87.2 Å². The molecule has 2 aromatic carbocycles. The van der Waals surface area contributed by atoms with Crippen LogP contribution < -0.4 is 9.47 Å². The Morgan fingerprint density at radius 3 is 1.96 bits per heavy atom. The van der Waals surface area contributed by atoms with Crippen molar-refractivity contribution in [2.45, 2.75) is 61.9 Å². The van der Waals surface area contributed by atoms with Gasteiger partial charge in [0.05, 0.1) is 31.5 Å². The number of aromatic nitrogens is 1. The molecule has 3 aromatic rings. The Kier molecular flexibility index (Phi) is 13.0. The van der Waals surface area contributed by atoms with Crippen LogP contribution in [0, 0.1) is 0 Å². The molecule has 3 rings (SSSR count). The number of benzene rings is 2. The zero-order valence-electron chi connectivity index (χ0n) is 24.5. The van der Waals surface area contributed by atoms with Crippen molar-refractivity contribution in [1.29, 1.82) is 0 Å². The third-order valence-corrected chi connectivity index (χ3v) is 11.3. The highest BCUT2D eigenvalue weighted by molar-refractivity contribution is 8.04. The lowest BCUT2D eigenvalue weighted by Crippen LogP contribution is -2.45. The van der Waals surface area contributed by atoms with Gasteiger partial charge >= 0.3 is 5.97 Å². The first kappa shape index (κ1) is 36.5. The fourth-order valence-electron chi connectivity index (χ4n) is 4.92. The van der Waals surface area contributed by atoms with Crippen LogP contribution in [0.4, 0.5) is 0 Å². The molecule has 0 fully saturated rings. The number of aryl methyl sites for hydroxylation is 2. The van der Waals surface area contributed by atoms with Gasteiger partial charge in [0.2, 0.25) is 0 Å². The molecular formula is C30H35Cl2NO10S2. The molecule has 15 heteroatoms. The van der Waals surface area contributed by atoms with E-state index in [-0.39, 0.29) is 24.5 Å². The van der Waals surface area contributed by atoms with Gasteiger partial charge in [-0.3, -0.25) is 18.9 Å². The van der Waals surface area contributed by atoms with E-state index in [1.165, 1.54) is 17.7 Å². The van der Waals surface area contributed by atoms with E-state index >= 15 is 0 Å². The number of hydrogen-bond donors (Lipinski definition) is 3. The minimum Gasteiger partial charge on any atom is -0.497 e. The molecule has 1 heterocycles. The number of carboxylic acid groups (broad SMARTS) is 1. The molecule has 0 unspecified atom stereocenters. The molecule has 11 nitrogen and oxygen atoms in total. The average Bonchev–Trinajstić information content (AvgIpc) is 2.96. The van der Waals surface area contributed by atoms with Crippen LogP contribution in [0.25, 0.3) is 0 Å². The Morgan fingerprint density at radius 1 is 0.822 bits per heavy atom. The summed E-state index contributed by atoms with van der Waals surface area (Å²) in [5.41, 5.74) is -0.561. The molecule has 246 valence electrons. The highest BCUT2D eigenvalue weighted by atomic mass is 35.5. The predicted molar refractivity (Wildman–Crippen MR) is 170 cm³/mol. The Balaban J connectivity index is 1.74. The first-order valence-electron chi connectivity index (χ1n) is 14.1. The standard InChI is InChI=1S/C30H35Cl2NO10S2/c1-42-22-14-12-21(13-15-22)9-6-4-2-3-5-7-20-43-26-17-18-27(33-25(26)16-19-28(34)35)30(44(36,37)38,45(39,40)41)29-23(31)10-8-11-24(29)32/h8,10-15,17-18H,2-7,9,16,19-20H2,1H3,(H,34,35)(H,36,37,38)(H,39,40,41). The van der Waals surface area contributed by atoms with Crippen molar-refractivity contribution in [3.8, 4) is 11.5 Å². The maximum absolute atomic E-state index is 12.8. The number of aliphatic carboxylic acids is 1. The van der Waals surface area contributed by atoms with Crippen LogP contribution in [-0.2, 0) is 42.0 Å². The number of rotatable bonds is 18. The van der Waals surface area contributed by atoms with E-state index in [9.17, 15) is 35.8 Å². The minimum atomic E-state index is -5.78. The molecular weight excluding hydrogens is 669 g/mol. The van der Waals surface area contributed by atoms with Crippen LogP contribution >= 0.6 is 23.2 Å². The molecule has 0 saturated heterocycles. The highest BCUT2D eigenvalue weighted by Gasteiger charge is 2.61. The van der Waals surface area contributed by atoms with Gasteiger partial charge in [-0.25, -0.2) is 0 Å². The fraction of sp³-hybridized carbons (Fsp3) is 0.400. The third-order valence-electron chi connectivity index (χ3n) is 7.14. The normalized spacial score (nSPS) is 12.2. The first-order chi connectivity index (χ1) is 21.2. The van der Waals surface area contributed by atoms with Crippen molar-refractivity contribution in [2.75, 3.05) is 13.7 Å². The van der Waals surface area contributed by atoms with Crippen LogP contribution in [0.15, 0.2) is 54.6 Å². The molecule has 0 spiro atoms. The summed E-state index contributed by atoms with van der Waals surface area (Å²) in [6, 6.07) is 13.7. The first-order valence-corrected chi connectivity index (χ1v) is 17.7. The number of pyridine rings is 1. The average molecular weight is 705 g/mol. The number of hydrogen-bond acceptors (Lipinski definition) is 8. The molecule has 0 bridgehead atoms. The Hall–Kier alpha value is -2.94. The van der Waals surface area contributed by atoms with E-state index in [0.717, 1.165) is 62.5 Å². The number of carboxylic acids is 1. The van der Waals surface area contributed by atoms with Crippen LogP contribution in [0.5, 0.6) is 11.5 Å². The number of nitrogens with zero attached hydrogens (tertiary/aromatic N) is 1. The van der Waals surface area contributed by atoms with E-state index in [0.29, 0.717) is 6.42 Å². The van der Waals surface area contributed by atoms with Gasteiger partial charge in [0, 0.05) is 22.0 Å². The molecule has 0 aliphatic heterocycles. The Morgan fingerprint density at radius 2 is 1.40 bits per heavy atom. The molecule has 0 atom stereocenters. The van der Waals surface area contributed by atoms with Gasteiger partial charge in [-0.1, -0.05) is 67.1 Å². The lowest BCUT2D eigenvalue weighted by Gasteiger charge is -2.29. The zero-order chi connectivity index (χ0) is 33.3. The summed E-state index contributed by atoms with van der Waals surface area (Å²) in [6.07, 6.45) is 5.89. The van der Waals surface area contributed by atoms with Crippen molar-refractivity contribution >= 4 is 49.4 Å². The summed E-state index contributed by atoms with van der Waals surface area (Å²) >= 11 is 12.3. The molecule has 0 amide bonds. The van der Waals surface area contributed by atoms with Crippen LogP contribution in [0.1, 0.15) is 67.5 Å². The maximum Gasteiger partial charge on any atom is 0.303 e. The van der Waals surface area contributed by atoms with Gasteiger partial charge in [0.15, 0.2) is 0 Å². The van der Waals surface area contributed by atoms with Crippen molar-refractivity contribution < 1.29 is 45.3 Å². The van der Waals surface area contributed by atoms with Gasteiger partial charge in [0.25, 0.3) is 24.3 Å². The van der Waals surface area contributed by atoms with Crippen LogP contribution in [0.3, 0.4) is 0 Å². The molecule has 3 N–H and O–H groups in total. The van der Waals surface area contributed by atoms with Crippen molar-refractivity contribution in [1.82, 2.24) is 4.98 Å². The molecule has 0 aliphatic carbocycles. The smallest absolute Gasteiger partial charge is 0.303 e. The fourth-order valence-corrected chi connectivity index (χ4v) is 8.60. The van der Waals surface area contributed by atoms with E-state index in [1.807, 2.05) is 12.1 Å². The minimum absolute atomic E-state index is 0.0873. The topological polar surface area (TPSA) is 177 Å². The zero-order valence-corrected chi connectivity index (χ0v) is 27.6. The summed E-state index contributed by atoms with van der Waals surface area (Å²) in [5, 5.41) is 8.26. The van der Waals surface area contributed by atoms with Crippen molar-refractivity contribution in [2.24, 2.45) is 0 Å². The van der Waals surface area contributed by atoms with E-state index in [2.05, 4.69) is 17.1 Å². The van der Waals surface area contributed by atoms with Gasteiger partial charge in [0.1, 0.15) is 11.5 Å². The summed E-state index contributed by atoms with van der Waals surface area (Å²) in [4.78, 5) is 15.4. The largest absolute Gasteiger partial charge is 0.497 e. The van der Waals surface area contributed by atoms with E-state index < -0.39 is 58.0 Å². The van der Waals surface area contributed by atoms with Gasteiger partial charge in [-0.05, 0) is 61.2 Å². The summed E-state index contributed by atoms with van der Waals surface area (Å²) < 4.78 is 79.3.